The molecule has 0 aromatic carbocycles. The molecule has 4 nitrogen and oxygen atoms in total. The van der Waals surface area contributed by atoms with Gasteiger partial charge in [-0.05, 0) is 17.9 Å². The first kappa shape index (κ1) is 14.0. The summed E-state index contributed by atoms with van der Waals surface area (Å²) in [5.41, 5.74) is 0.984. The summed E-state index contributed by atoms with van der Waals surface area (Å²) in [5.74, 6) is 0.440. The van der Waals surface area contributed by atoms with Crippen molar-refractivity contribution in [1.29, 1.82) is 5.26 Å². The van der Waals surface area contributed by atoms with Gasteiger partial charge in [0, 0.05) is 25.8 Å². The van der Waals surface area contributed by atoms with E-state index in [4.69, 9.17) is 5.26 Å². The summed E-state index contributed by atoms with van der Waals surface area (Å²) in [5, 5.41) is 13.5. The summed E-state index contributed by atoms with van der Waals surface area (Å²) < 4.78 is 14.1. The summed E-state index contributed by atoms with van der Waals surface area (Å²) in [6, 6.07) is 2.26. The molecule has 2 heterocycles. The Morgan fingerprint density at radius 2 is 2.26 bits per heavy atom. The van der Waals surface area contributed by atoms with Gasteiger partial charge in [-0.3, -0.25) is 14.0 Å². The third kappa shape index (κ3) is 2.79. The van der Waals surface area contributed by atoms with E-state index in [0.717, 1.165) is 19.6 Å². The molecule has 5 heteroatoms. The molecule has 2 rings (SSSR count). The molecule has 0 aliphatic carbocycles. The molecule has 1 aromatic rings. The van der Waals surface area contributed by atoms with Gasteiger partial charge in [0.15, 0.2) is 0 Å². The number of alkyl halides is 1. The van der Waals surface area contributed by atoms with E-state index < -0.39 is 0 Å². The first-order valence-corrected chi connectivity index (χ1v) is 6.81. The van der Waals surface area contributed by atoms with Crippen molar-refractivity contribution in [3.63, 3.8) is 0 Å². The minimum atomic E-state index is -0.277. The van der Waals surface area contributed by atoms with Crippen molar-refractivity contribution in [2.75, 3.05) is 26.3 Å². The van der Waals surface area contributed by atoms with Gasteiger partial charge in [0.2, 0.25) is 0 Å². The van der Waals surface area contributed by atoms with E-state index in [2.05, 4.69) is 36.1 Å². The Labute approximate surface area is 113 Å². The van der Waals surface area contributed by atoms with Gasteiger partial charge in [-0.1, -0.05) is 13.8 Å². The maximum atomic E-state index is 12.2. The Kier molecular flexibility index (Phi) is 4.20. The van der Waals surface area contributed by atoms with Gasteiger partial charge in [-0.15, -0.1) is 0 Å². The monoisotopic (exact) mass is 264 g/mol. The molecule has 0 saturated carbocycles. The number of hydrogen-bond donors (Lipinski definition) is 0. The molecule has 1 saturated heterocycles. The molecular formula is C14H21FN4. The first-order chi connectivity index (χ1) is 9.11. The highest BCUT2D eigenvalue weighted by Gasteiger charge is 2.44. The number of hydrogen-bond acceptors (Lipinski definition) is 3. The standard InChI is InChI=1S/C14H21FN4/c1-12(2)13-8-17-19(9-13)14(4-6-16)10-18(11-14)7-3-5-15/h8-9,12H,3-5,7,10-11H2,1-2H3. The van der Waals surface area contributed by atoms with E-state index in [1.54, 1.807) is 0 Å². The first-order valence-electron chi connectivity index (χ1n) is 6.81. The average Bonchev–Trinajstić information content (AvgIpc) is 2.81. The smallest absolute Gasteiger partial charge is 0.101 e. The molecule has 0 bridgehead atoms. The fourth-order valence-corrected chi connectivity index (χ4v) is 2.61. The van der Waals surface area contributed by atoms with Gasteiger partial charge in [-0.25, -0.2) is 0 Å². The Morgan fingerprint density at radius 1 is 1.53 bits per heavy atom. The molecule has 1 aliphatic rings. The van der Waals surface area contributed by atoms with Crippen LogP contribution in [0.4, 0.5) is 4.39 Å². The van der Waals surface area contributed by atoms with Crippen LogP contribution in [0.1, 0.15) is 38.2 Å². The fraction of sp³-hybridized carbons (Fsp3) is 0.714. The zero-order chi connectivity index (χ0) is 13.9. The molecule has 0 N–H and O–H groups in total. The van der Waals surface area contributed by atoms with E-state index in [0.29, 0.717) is 18.8 Å². The lowest BCUT2D eigenvalue weighted by Gasteiger charge is -2.49. The van der Waals surface area contributed by atoms with E-state index in [-0.39, 0.29) is 12.2 Å². The van der Waals surface area contributed by atoms with Gasteiger partial charge in [0.1, 0.15) is 5.54 Å². The van der Waals surface area contributed by atoms with Crippen molar-refractivity contribution in [3.05, 3.63) is 18.0 Å². The van der Waals surface area contributed by atoms with E-state index >= 15 is 0 Å². The van der Waals surface area contributed by atoms with Gasteiger partial charge >= 0.3 is 0 Å². The van der Waals surface area contributed by atoms with Crippen LogP contribution in [0.25, 0.3) is 0 Å². The van der Waals surface area contributed by atoms with Crippen LogP contribution in [-0.4, -0.2) is 41.0 Å². The van der Waals surface area contributed by atoms with E-state index in [1.165, 1.54) is 5.56 Å². The Hall–Kier alpha value is -1.41. The van der Waals surface area contributed by atoms with Crippen LogP contribution in [0.15, 0.2) is 12.4 Å². The highest BCUT2D eigenvalue weighted by Crippen LogP contribution is 2.32. The third-order valence-corrected chi connectivity index (χ3v) is 3.81. The molecule has 1 aromatic heterocycles. The van der Waals surface area contributed by atoms with Gasteiger partial charge < -0.3 is 0 Å². The molecule has 0 unspecified atom stereocenters. The topological polar surface area (TPSA) is 44.9 Å². The highest BCUT2D eigenvalue weighted by atomic mass is 19.1. The second-order valence-electron chi connectivity index (χ2n) is 5.69. The Balaban J connectivity index is 2.07. The molecule has 0 spiro atoms. The maximum Gasteiger partial charge on any atom is 0.101 e. The highest BCUT2D eigenvalue weighted by molar-refractivity contribution is 5.14. The predicted octanol–water partition coefficient (Wildman–Crippen LogP) is 2.29. The van der Waals surface area contributed by atoms with Gasteiger partial charge in [0.05, 0.1) is 25.4 Å². The molecular weight excluding hydrogens is 243 g/mol. The van der Waals surface area contributed by atoms with Crippen LogP contribution in [-0.2, 0) is 5.54 Å². The van der Waals surface area contributed by atoms with E-state index in [1.807, 2.05) is 10.9 Å². The maximum absolute atomic E-state index is 12.2. The van der Waals surface area contributed by atoms with Crippen molar-refractivity contribution in [1.82, 2.24) is 14.7 Å². The molecule has 0 atom stereocenters. The summed E-state index contributed by atoms with van der Waals surface area (Å²) >= 11 is 0. The molecule has 1 fully saturated rings. The largest absolute Gasteiger partial charge is 0.298 e. The zero-order valence-electron chi connectivity index (χ0n) is 11.6. The average molecular weight is 264 g/mol. The van der Waals surface area contributed by atoms with Gasteiger partial charge in [0.25, 0.3) is 0 Å². The lowest BCUT2D eigenvalue weighted by molar-refractivity contribution is 0.00358. The number of rotatable bonds is 6. The summed E-state index contributed by atoms with van der Waals surface area (Å²) in [6.45, 7) is 6.34. The molecule has 1 aliphatic heterocycles. The minimum Gasteiger partial charge on any atom is -0.298 e. The van der Waals surface area contributed by atoms with Crippen LogP contribution in [0.3, 0.4) is 0 Å². The summed E-state index contributed by atoms with van der Waals surface area (Å²) in [7, 11) is 0. The second kappa shape index (κ2) is 5.70. The van der Waals surface area contributed by atoms with Crippen molar-refractivity contribution < 1.29 is 4.39 Å². The van der Waals surface area contributed by atoms with Crippen LogP contribution >= 0.6 is 0 Å². The van der Waals surface area contributed by atoms with Crippen LogP contribution in [0.2, 0.25) is 0 Å². The number of nitrogens with zero attached hydrogens (tertiary/aromatic N) is 4. The molecule has 19 heavy (non-hydrogen) atoms. The third-order valence-electron chi connectivity index (χ3n) is 3.81. The number of aromatic nitrogens is 2. The predicted molar refractivity (Wildman–Crippen MR) is 71.6 cm³/mol. The number of halogens is 1. The van der Waals surface area contributed by atoms with Crippen molar-refractivity contribution >= 4 is 0 Å². The summed E-state index contributed by atoms with van der Waals surface area (Å²) in [6.07, 6.45) is 4.96. The molecule has 0 radical (unpaired) electrons. The van der Waals surface area contributed by atoms with E-state index in [9.17, 15) is 4.39 Å². The Bertz CT molecular complexity index is 454. The SMILES string of the molecule is CC(C)c1cnn(C2(CC#N)CN(CCCF)C2)c1. The normalized spacial score (nSPS) is 18.3. The second-order valence-corrected chi connectivity index (χ2v) is 5.69. The summed E-state index contributed by atoms with van der Waals surface area (Å²) in [4.78, 5) is 2.19. The quantitative estimate of drug-likeness (QED) is 0.792. The van der Waals surface area contributed by atoms with Crippen molar-refractivity contribution in [2.45, 2.75) is 38.1 Å². The fourth-order valence-electron chi connectivity index (χ4n) is 2.61. The lowest BCUT2D eigenvalue weighted by atomic mass is 9.86. The number of likely N-dealkylation sites (tertiary alicyclic amines) is 1. The molecule has 0 amide bonds. The minimum absolute atomic E-state index is 0.210. The van der Waals surface area contributed by atoms with Crippen LogP contribution in [0, 0.1) is 11.3 Å². The van der Waals surface area contributed by atoms with Gasteiger partial charge in [-0.2, -0.15) is 10.4 Å². The lowest BCUT2D eigenvalue weighted by Crippen LogP contribution is -2.62. The van der Waals surface area contributed by atoms with Crippen LogP contribution in [0.5, 0.6) is 0 Å². The molecule has 104 valence electrons. The van der Waals surface area contributed by atoms with Crippen molar-refractivity contribution in [3.8, 4) is 6.07 Å². The Morgan fingerprint density at radius 3 is 2.79 bits per heavy atom. The number of nitriles is 1. The van der Waals surface area contributed by atoms with Crippen molar-refractivity contribution in [2.24, 2.45) is 0 Å². The zero-order valence-corrected chi connectivity index (χ0v) is 11.6. The van der Waals surface area contributed by atoms with Crippen LogP contribution < -0.4 is 0 Å².